The van der Waals surface area contributed by atoms with Crippen LogP contribution in [0.4, 0.5) is 5.13 Å². The van der Waals surface area contributed by atoms with Crippen molar-refractivity contribution in [3.05, 3.63) is 29.4 Å². The number of ether oxygens (including phenoxy) is 1. The molecule has 3 aromatic rings. The van der Waals surface area contributed by atoms with Crippen molar-refractivity contribution in [3.63, 3.8) is 0 Å². The van der Waals surface area contributed by atoms with E-state index in [0.29, 0.717) is 30.2 Å². The monoisotopic (exact) mass is 393 g/mol. The molecule has 4 rings (SSSR count). The number of fused-ring (bicyclic) bond motifs is 1. The Kier molecular flexibility index (Phi) is 4.52. The molecule has 1 aliphatic rings. The summed E-state index contributed by atoms with van der Waals surface area (Å²) in [5, 5.41) is 16.5. The van der Waals surface area contributed by atoms with Crippen molar-refractivity contribution in [2.75, 3.05) is 31.6 Å². The molecule has 0 radical (unpaired) electrons. The zero-order valence-electron chi connectivity index (χ0n) is 14.4. The third-order valence-corrected chi connectivity index (χ3v) is 6.15. The number of halogens is 1. The van der Waals surface area contributed by atoms with Gasteiger partial charge in [0.15, 0.2) is 0 Å². The quantitative estimate of drug-likeness (QED) is 0.707. The lowest BCUT2D eigenvalue weighted by Crippen LogP contribution is -2.48. The first-order valence-corrected chi connectivity index (χ1v) is 9.59. The molecule has 0 bridgehead atoms. The van der Waals surface area contributed by atoms with E-state index in [1.807, 2.05) is 16.6 Å². The molecular formula is C17H20ClN5O2S. The van der Waals surface area contributed by atoms with Gasteiger partial charge in [0.25, 0.3) is 0 Å². The van der Waals surface area contributed by atoms with Crippen molar-refractivity contribution in [2.45, 2.75) is 18.4 Å². The Labute approximate surface area is 160 Å². The normalized spacial score (nSPS) is 17.0. The summed E-state index contributed by atoms with van der Waals surface area (Å²) in [5.74, 6) is 0.608. The molecule has 0 amide bonds. The Morgan fingerprint density at radius 2 is 2.15 bits per heavy atom. The molecule has 7 nitrogen and oxygen atoms in total. The molecule has 1 aromatic carbocycles. The molecule has 0 atom stereocenters. The topological polar surface area (TPSA) is 88.9 Å². The number of hydrogen-bond donors (Lipinski definition) is 2. The lowest BCUT2D eigenvalue weighted by molar-refractivity contribution is 0.0249. The fourth-order valence-electron chi connectivity index (χ4n) is 3.23. The fourth-order valence-corrected chi connectivity index (χ4v) is 4.41. The molecule has 1 saturated heterocycles. The first-order valence-electron chi connectivity index (χ1n) is 8.39. The number of aromatic nitrogens is 3. The molecule has 0 aliphatic carbocycles. The molecule has 0 spiro atoms. The molecule has 3 N–H and O–H groups in total. The third kappa shape index (κ3) is 2.92. The van der Waals surface area contributed by atoms with Gasteiger partial charge >= 0.3 is 0 Å². The number of hydrogen-bond acceptors (Lipinski definition) is 7. The standard InChI is InChI=1S/C17H20ClN5O2S/c1-25-14-11(3-2-4-12(14)18)13-9-20-15-23(13)21-16(26-15)22-7-5-17(24,10-19)6-8-22/h2-4,9,24H,5-8,10,19H2,1H3. The molecular weight excluding hydrogens is 374 g/mol. The number of methoxy groups -OCH3 is 1. The zero-order valence-corrected chi connectivity index (χ0v) is 15.9. The van der Waals surface area contributed by atoms with E-state index >= 15 is 0 Å². The lowest BCUT2D eigenvalue weighted by atomic mass is 9.92. The molecule has 0 unspecified atom stereocenters. The van der Waals surface area contributed by atoms with E-state index in [1.165, 1.54) is 11.3 Å². The molecule has 3 heterocycles. The van der Waals surface area contributed by atoms with Crippen molar-refractivity contribution in [3.8, 4) is 17.0 Å². The number of piperidine rings is 1. The number of imidazole rings is 1. The van der Waals surface area contributed by atoms with Crippen LogP contribution in [-0.4, -0.2) is 52.0 Å². The lowest BCUT2D eigenvalue weighted by Gasteiger charge is -2.37. The summed E-state index contributed by atoms with van der Waals surface area (Å²) >= 11 is 7.78. The van der Waals surface area contributed by atoms with Gasteiger partial charge in [-0.25, -0.2) is 9.50 Å². The summed E-state index contributed by atoms with van der Waals surface area (Å²) in [4.78, 5) is 7.46. The van der Waals surface area contributed by atoms with Gasteiger partial charge in [0.1, 0.15) is 5.75 Å². The average Bonchev–Trinajstić information content (AvgIpc) is 3.23. The molecule has 26 heavy (non-hydrogen) atoms. The molecule has 0 saturated carbocycles. The van der Waals surface area contributed by atoms with E-state index < -0.39 is 5.60 Å². The number of rotatable bonds is 4. The maximum atomic E-state index is 10.3. The number of nitrogens with zero attached hydrogens (tertiary/aromatic N) is 4. The molecule has 1 fully saturated rings. The van der Waals surface area contributed by atoms with Crippen LogP contribution >= 0.6 is 22.9 Å². The Balaban J connectivity index is 1.68. The summed E-state index contributed by atoms with van der Waals surface area (Å²) in [6, 6.07) is 5.61. The van der Waals surface area contributed by atoms with E-state index in [2.05, 4.69) is 9.88 Å². The largest absolute Gasteiger partial charge is 0.494 e. The van der Waals surface area contributed by atoms with Crippen molar-refractivity contribution in [2.24, 2.45) is 5.73 Å². The first-order chi connectivity index (χ1) is 12.5. The van der Waals surface area contributed by atoms with E-state index in [9.17, 15) is 5.11 Å². The summed E-state index contributed by atoms with van der Waals surface area (Å²) < 4.78 is 7.28. The van der Waals surface area contributed by atoms with Gasteiger partial charge in [-0.3, -0.25) is 0 Å². The van der Waals surface area contributed by atoms with Gasteiger partial charge in [0.05, 0.1) is 29.6 Å². The van der Waals surface area contributed by atoms with E-state index in [-0.39, 0.29) is 0 Å². The highest BCUT2D eigenvalue weighted by Gasteiger charge is 2.32. The number of para-hydroxylation sites is 1. The van der Waals surface area contributed by atoms with E-state index in [0.717, 1.165) is 34.4 Å². The second kappa shape index (κ2) is 6.70. The van der Waals surface area contributed by atoms with Crippen LogP contribution in [0.2, 0.25) is 5.02 Å². The highest BCUT2D eigenvalue weighted by atomic mass is 35.5. The number of nitrogens with two attached hydrogens (primary N) is 1. The first kappa shape index (κ1) is 17.5. The van der Waals surface area contributed by atoms with Crippen LogP contribution in [0, 0.1) is 0 Å². The zero-order chi connectivity index (χ0) is 18.3. The van der Waals surface area contributed by atoms with Gasteiger partial charge in [0, 0.05) is 25.2 Å². The smallest absolute Gasteiger partial charge is 0.214 e. The van der Waals surface area contributed by atoms with Gasteiger partial charge in [-0.1, -0.05) is 29.0 Å². The minimum absolute atomic E-state index is 0.292. The SMILES string of the molecule is COc1c(Cl)cccc1-c1cnc2sc(N3CCC(O)(CN)CC3)nn12. The highest BCUT2D eigenvalue weighted by Crippen LogP contribution is 2.37. The van der Waals surface area contributed by atoms with E-state index in [4.69, 9.17) is 27.2 Å². The number of anilines is 1. The predicted molar refractivity (Wildman–Crippen MR) is 103 cm³/mol. The Hall–Kier alpha value is -1.87. The van der Waals surface area contributed by atoms with Gasteiger partial charge in [-0.2, -0.15) is 0 Å². The number of aliphatic hydroxyl groups is 1. The second-order valence-electron chi connectivity index (χ2n) is 6.46. The van der Waals surface area contributed by atoms with Crippen LogP contribution in [0.1, 0.15) is 12.8 Å². The fraction of sp³-hybridized carbons (Fsp3) is 0.412. The molecule has 138 valence electrons. The van der Waals surface area contributed by atoms with Crippen LogP contribution in [0.25, 0.3) is 16.2 Å². The Morgan fingerprint density at radius 1 is 1.38 bits per heavy atom. The summed E-state index contributed by atoms with van der Waals surface area (Å²) in [7, 11) is 1.60. The Bertz CT molecular complexity index is 933. The molecule has 9 heteroatoms. The minimum atomic E-state index is -0.757. The van der Waals surface area contributed by atoms with Crippen molar-refractivity contribution in [1.29, 1.82) is 0 Å². The van der Waals surface area contributed by atoms with Crippen molar-refractivity contribution >= 4 is 33.0 Å². The van der Waals surface area contributed by atoms with Crippen LogP contribution in [-0.2, 0) is 0 Å². The predicted octanol–water partition coefficient (Wildman–Crippen LogP) is 2.41. The Morgan fingerprint density at radius 3 is 2.85 bits per heavy atom. The summed E-state index contributed by atoms with van der Waals surface area (Å²) in [6.45, 7) is 1.74. The van der Waals surface area contributed by atoms with Crippen LogP contribution in [0.15, 0.2) is 24.4 Å². The average molecular weight is 394 g/mol. The van der Waals surface area contributed by atoms with Crippen LogP contribution in [0.5, 0.6) is 5.75 Å². The van der Waals surface area contributed by atoms with Gasteiger partial charge in [-0.05, 0) is 25.0 Å². The van der Waals surface area contributed by atoms with Gasteiger partial charge in [0.2, 0.25) is 10.1 Å². The maximum Gasteiger partial charge on any atom is 0.214 e. The minimum Gasteiger partial charge on any atom is -0.494 e. The highest BCUT2D eigenvalue weighted by molar-refractivity contribution is 7.20. The maximum absolute atomic E-state index is 10.3. The van der Waals surface area contributed by atoms with Gasteiger partial charge in [-0.15, -0.1) is 5.10 Å². The van der Waals surface area contributed by atoms with E-state index in [1.54, 1.807) is 19.4 Å². The second-order valence-corrected chi connectivity index (χ2v) is 7.80. The van der Waals surface area contributed by atoms with Crippen LogP contribution < -0.4 is 15.4 Å². The summed E-state index contributed by atoms with van der Waals surface area (Å²) in [5.41, 5.74) is 6.59. The molecule has 2 aromatic heterocycles. The van der Waals surface area contributed by atoms with Crippen molar-refractivity contribution < 1.29 is 9.84 Å². The van der Waals surface area contributed by atoms with Crippen LogP contribution in [0.3, 0.4) is 0 Å². The summed E-state index contributed by atoms with van der Waals surface area (Å²) in [6.07, 6.45) is 3.06. The van der Waals surface area contributed by atoms with Gasteiger partial charge < -0.3 is 20.5 Å². The van der Waals surface area contributed by atoms with Crippen molar-refractivity contribution in [1.82, 2.24) is 14.6 Å². The third-order valence-electron chi connectivity index (χ3n) is 4.87. The number of benzene rings is 1. The molecule has 1 aliphatic heterocycles.